The minimum Gasteiger partial charge on any atom is -0.328 e. The van der Waals surface area contributed by atoms with Gasteiger partial charge in [0, 0.05) is 24.2 Å². The van der Waals surface area contributed by atoms with Gasteiger partial charge in [0.15, 0.2) is 0 Å². The number of nitrogens with two attached hydrogens (primary N) is 1. The molecule has 3 rings (SSSR count). The van der Waals surface area contributed by atoms with Crippen molar-refractivity contribution in [2.75, 3.05) is 11.4 Å². The topological polar surface area (TPSA) is 46.3 Å². The molecule has 2 atom stereocenters. The number of aryl methyl sites for hydroxylation is 2. The molecule has 21 heavy (non-hydrogen) atoms. The molecule has 1 saturated carbocycles. The second-order valence-electron chi connectivity index (χ2n) is 6.80. The first-order valence-electron chi connectivity index (χ1n) is 8.23. The molecule has 3 heteroatoms. The van der Waals surface area contributed by atoms with Gasteiger partial charge < -0.3 is 10.6 Å². The minimum atomic E-state index is 0.125. The van der Waals surface area contributed by atoms with Crippen molar-refractivity contribution in [1.29, 1.82) is 0 Å². The lowest BCUT2D eigenvalue weighted by molar-refractivity contribution is -0.123. The van der Waals surface area contributed by atoms with Crippen molar-refractivity contribution in [3.05, 3.63) is 28.8 Å². The zero-order chi connectivity index (χ0) is 15.0. The van der Waals surface area contributed by atoms with Crippen LogP contribution in [0.2, 0.25) is 0 Å². The highest BCUT2D eigenvalue weighted by Crippen LogP contribution is 2.34. The molecule has 1 aliphatic heterocycles. The molecule has 1 amide bonds. The van der Waals surface area contributed by atoms with Gasteiger partial charge in [0.25, 0.3) is 0 Å². The Balaban J connectivity index is 1.89. The molecule has 2 N–H and O–H groups in total. The lowest BCUT2D eigenvalue weighted by atomic mass is 9.84. The summed E-state index contributed by atoms with van der Waals surface area (Å²) < 4.78 is 0. The fourth-order valence-corrected chi connectivity index (χ4v) is 3.98. The van der Waals surface area contributed by atoms with E-state index in [4.69, 9.17) is 5.73 Å². The predicted octanol–water partition coefficient (Wildman–Crippen LogP) is 3.10. The second kappa shape index (κ2) is 5.80. The summed E-state index contributed by atoms with van der Waals surface area (Å²) in [4.78, 5) is 15.0. The summed E-state index contributed by atoms with van der Waals surface area (Å²) in [5.41, 5.74) is 11.1. The predicted molar refractivity (Wildman–Crippen MR) is 86.5 cm³/mol. The smallest absolute Gasteiger partial charge is 0.230 e. The van der Waals surface area contributed by atoms with Gasteiger partial charge in [-0.25, -0.2) is 0 Å². The van der Waals surface area contributed by atoms with Crippen LogP contribution in [0, 0.1) is 19.8 Å². The molecule has 0 saturated heterocycles. The number of hydrogen-bond acceptors (Lipinski definition) is 2. The maximum Gasteiger partial charge on any atom is 0.230 e. The van der Waals surface area contributed by atoms with Crippen molar-refractivity contribution in [2.24, 2.45) is 11.7 Å². The van der Waals surface area contributed by atoms with Gasteiger partial charge >= 0.3 is 0 Å². The molecule has 114 valence electrons. The Kier molecular flexibility index (Phi) is 4.03. The van der Waals surface area contributed by atoms with E-state index in [0.717, 1.165) is 50.8 Å². The largest absolute Gasteiger partial charge is 0.328 e. The molecule has 1 fully saturated rings. The van der Waals surface area contributed by atoms with E-state index in [9.17, 15) is 4.79 Å². The van der Waals surface area contributed by atoms with Crippen molar-refractivity contribution < 1.29 is 4.79 Å². The molecule has 1 aliphatic carbocycles. The standard InChI is InChI=1S/C18H26N2O/c1-12-9-13(2)16-7-4-8-20(17(16)10-12)18(21)14-5-3-6-15(19)11-14/h9-10,14-15H,3-8,11,19H2,1-2H3. The molecule has 2 unspecified atom stereocenters. The summed E-state index contributed by atoms with van der Waals surface area (Å²) in [5, 5.41) is 0. The van der Waals surface area contributed by atoms with Crippen LogP contribution < -0.4 is 10.6 Å². The average Bonchev–Trinajstić information content (AvgIpc) is 2.46. The Morgan fingerprint density at radius 3 is 2.81 bits per heavy atom. The monoisotopic (exact) mass is 286 g/mol. The third-order valence-corrected chi connectivity index (χ3v) is 5.02. The van der Waals surface area contributed by atoms with E-state index in [1.165, 1.54) is 16.7 Å². The zero-order valence-corrected chi connectivity index (χ0v) is 13.2. The van der Waals surface area contributed by atoms with Crippen molar-refractivity contribution >= 4 is 11.6 Å². The van der Waals surface area contributed by atoms with Crippen LogP contribution in [0.15, 0.2) is 12.1 Å². The van der Waals surface area contributed by atoms with Gasteiger partial charge in [-0.15, -0.1) is 0 Å². The van der Waals surface area contributed by atoms with Gasteiger partial charge in [0.2, 0.25) is 5.91 Å². The first-order valence-corrected chi connectivity index (χ1v) is 8.23. The minimum absolute atomic E-state index is 0.125. The molecule has 0 aromatic heterocycles. The van der Waals surface area contributed by atoms with Crippen LogP contribution in [0.25, 0.3) is 0 Å². The molecular weight excluding hydrogens is 260 g/mol. The average molecular weight is 286 g/mol. The third-order valence-electron chi connectivity index (χ3n) is 5.02. The van der Waals surface area contributed by atoms with E-state index < -0.39 is 0 Å². The van der Waals surface area contributed by atoms with Crippen molar-refractivity contribution in [3.63, 3.8) is 0 Å². The summed E-state index contributed by atoms with van der Waals surface area (Å²) in [7, 11) is 0. The number of anilines is 1. The molecule has 1 aromatic carbocycles. The third kappa shape index (κ3) is 2.84. The summed E-state index contributed by atoms with van der Waals surface area (Å²) in [6.45, 7) is 5.14. The number of rotatable bonds is 1. The van der Waals surface area contributed by atoms with Crippen LogP contribution >= 0.6 is 0 Å². The Hall–Kier alpha value is -1.35. The number of benzene rings is 1. The van der Waals surface area contributed by atoms with Crippen molar-refractivity contribution in [3.8, 4) is 0 Å². The Bertz CT molecular complexity index is 552. The maximum absolute atomic E-state index is 13.0. The Morgan fingerprint density at radius 1 is 1.24 bits per heavy atom. The van der Waals surface area contributed by atoms with E-state index in [1.54, 1.807) is 0 Å². The molecule has 0 spiro atoms. The fourth-order valence-electron chi connectivity index (χ4n) is 3.98. The Morgan fingerprint density at radius 2 is 2.05 bits per heavy atom. The molecule has 2 aliphatic rings. The fraction of sp³-hybridized carbons (Fsp3) is 0.611. The van der Waals surface area contributed by atoms with Gasteiger partial charge in [-0.2, -0.15) is 0 Å². The van der Waals surface area contributed by atoms with Crippen LogP contribution in [-0.4, -0.2) is 18.5 Å². The maximum atomic E-state index is 13.0. The number of amides is 1. The number of carbonyl (C=O) groups is 1. The van der Waals surface area contributed by atoms with E-state index >= 15 is 0 Å². The van der Waals surface area contributed by atoms with Crippen LogP contribution in [0.4, 0.5) is 5.69 Å². The quantitative estimate of drug-likeness (QED) is 0.862. The zero-order valence-electron chi connectivity index (χ0n) is 13.2. The molecule has 1 aromatic rings. The van der Waals surface area contributed by atoms with Gasteiger partial charge in [0.05, 0.1) is 0 Å². The van der Waals surface area contributed by atoms with Gasteiger partial charge in [-0.3, -0.25) is 4.79 Å². The first-order chi connectivity index (χ1) is 10.1. The number of fused-ring (bicyclic) bond motifs is 1. The summed E-state index contributed by atoms with van der Waals surface area (Å²) >= 11 is 0. The van der Waals surface area contributed by atoms with Gasteiger partial charge in [-0.05, 0) is 68.7 Å². The molecular formula is C18H26N2O. The normalized spacial score (nSPS) is 25.6. The second-order valence-corrected chi connectivity index (χ2v) is 6.80. The van der Waals surface area contributed by atoms with Crippen LogP contribution in [0.1, 0.15) is 48.8 Å². The van der Waals surface area contributed by atoms with E-state index in [2.05, 4.69) is 26.0 Å². The van der Waals surface area contributed by atoms with Crippen molar-refractivity contribution in [1.82, 2.24) is 0 Å². The summed E-state index contributed by atoms with van der Waals surface area (Å²) in [6, 6.07) is 4.61. The van der Waals surface area contributed by atoms with Crippen LogP contribution in [0.5, 0.6) is 0 Å². The molecule has 0 radical (unpaired) electrons. The van der Waals surface area contributed by atoms with Crippen LogP contribution in [0.3, 0.4) is 0 Å². The molecule has 0 bridgehead atoms. The lowest BCUT2D eigenvalue weighted by Gasteiger charge is -2.35. The first kappa shape index (κ1) is 14.6. The Labute approximate surface area is 127 Å². The lowest BCUT2D eigenvalue weighted by Crippen LogP contribution is -2.43. The van der Waals surface area contributed by atoms with E-state index in [1.807, 2.05) is 4.90 Å². The number of carbonyl (C=O) groups excluding carboxylic acids is 1. The molecule has 1 heterocycles. The summed E-state index contributed by atoms with van der Waals surface area (Å²) in [5.74, 6) is 0.427. The van der Waals surface area contributed by atoms with Crippen LogP contribution in [-0.2, 0) is 11.2 Å². The highest BCUT2D eigenvalue weighted by molar-refractivity contribution is 5.96. The van der Waals surface area contributed by atoms with Crippen molar-refractivity contribution in [2.45, 2.75) is 58.4 Å². The highest BCUT2D eigenvalue weighted by Gasteiger charge is 2.32. The number of nitrogens with zero attached hydrogens (tertiary/aromatic N) is 1. The van der Waals surface area contributed by atoms with E-state index in [0.29, 0.717) is 5.91 Å². The molecule has 3 nitrogen and oxygen atoms in total. The van der Waals surface area contributed by atoms with E-state index in [-0.39, 0.29) is 12.0 Å². The summed E-state index contributed by atoms with van der Waals surface area (Å²) in [6.07, 6.45) is 6.18. The van der Waals surface area contributed by atoms with Gasteiger partial charge in [-0.1, -0.05) is 12.5 Å². The highest BCUT2D eigenvalue weighted by atomic mass is 16.2. The number of hydrogen-bond donors (Lipinski definition) is 1. The SMILES string of the molecule is Cc1cc(C)c2c(c1)N(C(=O)C1CCCC(N)C1)CCC2. The van der Waals surface area contributed by atoms with Gasteiger partial charge in [0.1, 0.15) is 0 Å².